The summed E-state index contributed by atoms with van der Waals surface area (Å²) in [5.41, 5.74) is 1.13. The molecule has 24 heavy (non-hydrogen) atoms. The Kier molecular flexibility index (Phi) is 5.36. The van der Waals surface area contributed by atoms with E-state index in [2.05, 4.69) is 32.2 Å². The molecule has 0 amide bonds. The molecule has 0 aromatic carbocycles. The molecular formula is C20H34NO3+. The average Bonchev–Trinajstić information content (AvgIpc) is 2.86. The average molecular weight is 336 g/mol. The van der Waals surface area contributed by atoms with Crippen LogP contribution in [0.5, 0.6) is 0 Å². The standard InChI is InChI=1S/C20H33NO3/c1-4-5-6-10-21-12-15-17-16(24-19(15)23)11-14-9-7-8-13(2)20(14,3)18(17)22/h9,13,15-18,21-22H,4-8,10-12H2,1-3H3/p+1/t13-,15-,16-,17+,18-,20-/m0/s1. The van der Waals surface area contributed by atoms with E-state index in [-0.39, 0.29) is 29.3 Å². The fraction of sp³-hybridized carbons (Fsp3) is 0.850. The molecule has 3 N–H and O–H groups in total. The van der Waals surface area contributed by atoms with Gasteiger partial charge in [0.1, 0.15) is 12.0 Å². The maximum atomic E-state index is 12.4. The van der Waals surface area contributed by atoms with Gasteiger partial charge < -0.3 is 15.2 Å². The summed E-state index contributed by atoms with van der Waals surface area (Å²) < 4.78 is 5.70. The van der Waals surface area contributed by atoms with Crippen molar-refractivity contribution in [2.45, 2.75) is 71.5 Å². The Hall–Kier alpha value is -0.870. The maximum Gasteiger partial charge on any atom is 0.315 e. The van der Waals surface area contributed by atoms with E-state index in [0.29, 0.717) is 5.92 Å². The van der Waals surface area contributed by atoms with Crippen LogP contribution in [-0.2, 0) is 9.53 Å². The summed E-state index contributed by atoms with van der Waals surface area (Å²) in [4.78, 5) is 12.4. The van der Waals surface area contributed by atoms with Crippen LogP contribution in [0.3, 0.4) is 0 Å². The van der Waals surface area contributed by atoms with Crippen LogP contribution in [-0.4, -0.2) is 36.4 Å². The predicted octanol–water partition coefficient (Wildman–Crippen LogP) is 2.02. The highest BCUT2D eigenvalue weighted by molar-refractivity contribution is 5.76. The van der Waals surface area contributed by atoms with Crippen molar-refractivity contribution in [2.24, 2.45) is 23.2 Å². The summed E-state index contributed by atoms with van der Waals surface area (Å²) in [7, 11) is 0. The third kappa shape index (κ3) is 2.92. The van der Waals surface area contributed by atoms with E-state index >= 15 is 0 Å². The van der Waals surface area contributed by atoms with Crippen molar-refractivity contribution in [3.8, 4) is 0 Å². The predicted molar refractivity (Wildman–Crippen MR) is 93.3 cm³/mol. The third-order valence-corrected chi connectivity index (χ3v) is 7.00. The summed E-state index contributed by atoms with van der Waals surface area (Å²) in [5.74, 6) is 0.173. The van der Waals surface area contributed by atoms with Crippen LogP contribution in [0.2, 0.25) is 0 Å². The fourth-order valence-electron chi connectivity index (χ4n) is 5.17. The number of quaternary nitrogens is 1. The van der Waals surface area contributed by atoms with E-state index in [1.807, 2.05) is 0 Å². The molecule has 1 saturated carbocycles. The largest absolute Gasteiger partial charge is 0.461 e. The summed E-state index contributed by atoms with van der Waals surface area (Å²) in [6.45, 7) is 8.47. The molecule has 0 unspecified atom stereocenters. The minimum Gasteiger partial charge on any atom is -0.461 e. The van der Waals surface area contributed by atoms with E-state index in [1.165, 1.54) is 24.8 Å². The first kappa shape index (κ1) is 17.9. The zero-order chi connectivity index (χ0) is 17.3. The first-order chi connectivity index (χ1) is 11.5. The van der Waals surface area contributed by atoms with Gasteiger partial charge >= 0.3 is 5.97 Å². The number of esters is 1. The Morgan fingerprint density at radius 3 is 2.96 bits per heavy atom. The van der Waals surface area contributed by atoms with Gasteiger partial charge in [-0.15, -0.1) is 0 Å². The van der Waals surface area contributed by atoms with Crippen molar-refractivity contribution in [3.05, 3.63) is 11.6 Å². The number of nitrogens with two attached hydrogens (primary N) is 1. The second kappa shape index (κ2) is 7.17. The number of hydrogen-bond acceptors (Lipinski definition) is 3. The molecule has 4 heteroatoms. The topological polar surface area (TPSA) is 63.1 Å². The van der Waals surface area contributed by atoms with Gasteiger partial charge in [0.05, 0.1) is 19.2 Å². The molecule has 0 aromatic heterocycles. The van der Waals surface area contributed by atoms with E-state index < -0.39 is 6.10 Å². The third-order valence-electron chi connectivity index (χ3n) is 7.00. The van der Waals surface area contributed by atoms with Crippen molar-refractivity contribution in [1.29, 1.82) is 0 Å². The number of fused-ring (bicyclic) bond motifs is 2. The summed E-state index contributed by atoms with van der Waals surface area (Å²) >= 11 is 0. The highest BCUT2D eigenvalue weighted by atomic mass is 16.6. The molecule has 1 heterocycles. The van der Waals surface area contributed by atoms with Crippen molar-refractivity contribution in [2.75, 3.05) is 13.1 Å². The van der Waals surface area contributed by atoms with Crippen LogP contribution < -0.4 is 5.32 Å². The molecule has 0 spiro atoms. The number of carbonyl (C=O) groups excluding carboxylic acids is 1. The van der Waals surface area contributed by atoms with Crippen molar-refractivity contribution in [3.63, 3.8) is 0 Å². The second-order valence-electron chi connectivity index (χ2n) is 8.32. The molecule has 0 bridgehead atoms. The Morgan fingerprint density at radius 1 is 1.42 bits per heavy atom. The van der Waals surface area contributed by atoms with Crippen LogP contribution in [0.15, 0.2) is 11.6 Å². The number of aliphatic hydroxyl groups is 1. The lowest BCUT2D eigenvalue weighted by Crippen LogP contribution is -2.86. The Labute approximate surface area is 146 Å². The molecule has 2 aliphatic carbocycles. The lowest BCUT2D eigenvalue weighted by molar-refractivity contribution is -0.659. The monoisotopic (exact) mass is 336 g/mol. The lowest BCUT2D eigenvalue weighted by Gasteiger charge is -2.51. The van der Waals surface area contributed by atoms with Gasteiger partial charge in [0, 0.05) is 17.8 Å². The van der Waals surface area contributed by atoms with Crippen LogP contribution in [0.4, 0.5) is 0 Å². The van der Waals surface area contributed by atoms with Crippen LogP contribution >= 0.6 is 0 Å². The Balaban J connectivity index is 1.72. The molecule has 1 saturated heterocycles. The molecule has 3 aliphatic rings. The van der Waals surface area contributed by atoms with E-state index in [1.54, 1.807) is 0 Å². The number of aliphatic hydroxyl groups excluding tert-OH is 1. The zero-order valence-electron chi connectivity index (χ0n) is 15.5. The molecule has 136 valence electrons. The first-order valence-electron chi connectivity index (χ1n) is 9.89. The molecule has 3 rings (SSSR count). The van der Waals surface area contributed by atoms with Crippen molar-refractivity contribution >= 4 is 5.97 Å². The number of rotatable bonds is 6. The molecule has 6 atom stereocenters. The highest BCUT2D eigenvalue weighted by Crippen LogP contribution is 2.55. The number of unbranched alkanes of at least 4 members (excludes halogenated alkanes) is 2. The van der Waals surface area contributed by atoms with Gasteiger partial charge in [-0.05, 0) is 31.6 Å². The minimum atomic E-state index is -0.474. The van der Waals surface area contributed by atoms with Crippen LogP contribution in [0.1, 0.15) is 59.3 Å². The Bertz CT molecular complexity index is 503. The van der Waals surface area contributed by atoms with Crippen molar-refractivity contribution in [1.82, 2.24) is 0 Å². The molecular weight excluding hydrogens is 302 g/mol. The summed E-state index contributed by atoms with van der Waals surface area (Å²) in [6.07, 6.45) is 8.37. The fourth-order valence-corrected chi connectivity index (χ4v) is 5.17. The molecule has 0 aromatic rings. The first-order valence-corrected chi connectivity index (χ1v) is 9.89. The number of carbonyl (C=O) groups is 1. The van der Waals surface area contributed by atoms with Gasteiger partial charge in [0.25, 0.3) is 0 Å². The van der Waals surface area contributed by atoms with Crippen molar-refractivity contribution < 1.29 is 20.0 Å². The van der Waals surface area contributed by atoms with Gasteiger partial charge in [0.15, 0.2) is 0 Å². The van der Waals surface area contributed by atoms with Gasteiger partial charge in [-0.1, -0.05) is 38.8 Å². The van der Waals surface area contributed by atoms with E-state index in [4.69, 9.17) is 4.74 Å². The highest BCUT2D eigenvalue weighted by Gasteiger charge is 2.60. The molecule has 2 fully saturated rings. The van der Waals surface area contributed by atoms with Gasteiger partial charge in [-0.3, -0.25) is 4.79 Å². The molecule has 4 nitrogen and oxygen atoms in total. The zero-order valence-corrected chi connectivity index (χ0v) is 15.5. The number of allylic oxidation sites excluding steroid dienone is 1. The quantitative estimate of drug-likeness (QED) is 0.443. The normalized spacial score (nSPS) is 41.4. The van der Waals surface area contributed by atoms with Crippen LogP contribution in [0, 0.1) is 23.2 Å². The smallest absolute Gasteiger partial charge is 0.315 e. The number of hydrogen-bond donors (Lipinski definition) is 2. The van der Waals surface area contributed by atoms with E-state index in [0.717, 1.165) is 32.4 Å². The molecule has 0 radical (unpaired) electrons. The van der Waals surface area contributed by atoms with E-state index in [9.17, 15) is 9.90 Å². The molecule has 1 aliphatic heterocycles. The second-order valence-corrected chi connectivity index (χ2v) is 8.32. The minimum absolute atomic E-state index is 0.0392. The lowest BCUT2D eigenvalue weighted by atomic mass is 9.55. The van der Waals surface area contributed by atoms with Gasteiger partial charge in [0.2, 0.25) is 0 Å². The maximum absolute atomic E-state index is 12.4. The van der Waals surface area contributed by atoms with Gasteiger partial charge in [-0.25, -0.2) is 0 Å². The SMILES string of the molecule is CCCCC[NH2+]C[C@@H]1C(=O)O[C@H]2CC3=CCC[C@H](C)[C@]3(C)[C@@H](O)[C@@H]21. The number of ether oxygens (including phenoxy) is 1. The Morgan fingerprint density at radius 2 is 2.21 bits per heavy atom. The summed E-state index contributed by atoms with van der Waals surface area (Å²) in [6, 6.07) is 0. The summed E-state index contributed by atoms with van der Waals surface area (Å²) in [5, 5.41) is 13.5. The van der Waals surface area contributed by atoms with Gasteiger partial charge in [-0.2, -0.15) is 0 Å². The van der Waals surface area contributed by atoms with Crippen LogP contribution in [0.25, 0.3) is 0 Å².